The van der Waals surface area contributed by atoms with Gasteiger partial charge in [-0.25, -0.2) is 4.79 Å². The van der Waals surface area contributed by atoms with Crippen LogP contribution >= 0.6 is 22.9 Å². The summed E-state index contributed by atoms with van der Waals surface area (Å²) in [4.78, 5) is 15.6. The molecular formula is C14H20ClN3OS. The Hall–Kier alpha value is -0.780. The second-order valence-electron chi connectivity index (χ2n) is 5.53. The summed E-state index contributed by atoms with van der Waals surface area (Å²) in [6.07, 6.45) is 4.87. The predicted octanol–water partition coefficient (Wildman–Crippen LogP) is 2.83. The van der Waals surface area contributed by atoms with Gasteiger partial charge in [-0.15, -0.1) is 11.3 Å². The van der Waals surface area contributed by atoms with Gasteiger partial charge in [-0.3, -0.25) is 4.90 Å². The molecule has 4 nitrogen and oxygen atoms in total. The molecule has 0 saturated carbocycles. The van der Waals surface area contributed by atoms with Crippen molar-refractivity contribution in [1.29, 1.82) is 0 Å². The molecule has 0 unspecified atom stereocenters. The maximum Gasteiger partial charge on any atom is 0.315 e. The first kappa shape index (κ1) is 14.2. The number of carbonyl (C=O) groups is 1. The van der Waals surface area contributed by atoms with Gasteiger partial charge in [-0.2, -0.15) is 0 Å². The largest absolute Gasteiger partial charge is 0.334 e. The van der Waals surface area contributed by atoms with Crippen molar-refractivity contribution in [3.63, 3.8) is 0 Å². The molecule has 2 amide bonds. The fourth-order valence-corrected chi connectivity index (χ4v) is 4.28. The van der Waals surface area contributed by atoms with Gasteiger partial charge in [0.2, 0.25) is 0 Å². The van der Waals surface area contributed by atoms with Gasteiger partial charge in [0, 0.05) is 23.5 Å². The number of piperidine rings is 1. The zero-order valence-electron chi connectivity index (χ0n) is 11.4. The molecular weight excluding hydrogens is 294 g/mol. The van der Waals surface area contributed by atoms with Crippen LogP contribution in [-0.2, 0) is 6.54 Å². The molecule has 2 aliphatic rings. The number of nitrogens with one attached hydrogen (secondary N) is 2. The molecule has 0 radical (unpaired) electrons. The molecule has 0 aromatic carbocycles. The van der Waals surface area contributed by atoms with Gasteiger partial charge in [-0.05, 0) is 37.9 Å². The third kappa shape index (κ3) is 3.27. The van der Waals surface area contributed by atoms with Crippen LogP contribution in [0.15, 0.2) is 12.1 Å². The van der Waals surface area contributed by atoms with E-state index in [1.54, 1.807) is 0 Å². The number of thiophene rings is 1. The van der Waals surface area contributed by atoms with Gasteiger partial charge in [0.15, 0.2) is 0 Å². The quantitative estimate of drug-likeness (QED) is 0.901. The van der Waals surface area contributed by atoms with Crippen molar-refractivity contribution in [3.05, 3.63) is 21.3 Å². The number of halogens is 1. The van der Waals surface area contributed by atoms with Crippen LogP contribution in [0, 0.1) is 0 Å². The Bertz CT molecular complexity index is 479. The van der Waals surface area contributed by atoms with E-state index in [0.29, 0.717) is 18.6 Å². The van der Waals surface area contributed by atoms with Gasteiger partial charge in [-0.1, -0.05) is 18.0 Å². The van der Waals surface area contributed by atoms with Crippen LogP contribution < -0.4 is 10.6 Å². The Morgan fingerprint density at radius 3 is 3.05 bits per heavy atom. The Morgan fingerprint density at radius 2 is 2.25 bits per heavy atom. The zero-order valence-corrected chi connectivity index (χ0v) is 13.0. The minimum absolute atomic E-state index is 0.0630. The standard InChI is InChI=1S/C14H20ClN3OS/c15-13-5-4-10(20-13)9-16-14(19)17-11-6-8-18-7-2-1-3-12(11)18/h4-5,11-12H,1-3,6-9H2,(H2,16,17,19)/t11-,12+/m0/s1. The van der Waals surface area contributed by atoms with Crippen LogP contribution in [-0.4, -0.2) is 36.1 Å². The molecule has 2 saturated heterocycles. The van der Waals surface area contributed by atoms with Crippen molar-refractivity contribution in [3.8, 4) is 0 Å². The summed E-state index contributed by atoms with van der Waals surface area (Å²) >= 11 is 7.38. The van der Waals surface area contributed by atoms with Crippen LogP contribution in [0.25, 0.3) is 0 Å². The van der Waals surface area contributed by atoms with Crippen molar-refractivity contribution >= 4 is 29.0 Å². The number of carbonyl (C=O) groups excluding carboxylic acids is 1. The van der Waals surface area contributed by atoms with E-state index < -0.39 is 0 Å². The summed E-state index contributed by atoms with van der Waals surface area (Å²) in [5.41, 5.74) is 0. The highest BCUT2D eigenvalue weighted by Crippen LogP contribution is 2.27. The van der Waals surface area contributed by atoms with Crippen LogP contribution in [0.1, 0.15) is 30.6 Å². The first-order chi connectivity index (χ1) is 9.72. The normalized spacial score (nSPS) is 26.2. The topological polar surface area (TPSA) is 44.4 Å². The number of urea groups is 1. The minimum Gasteiger partial charge on any atom is -0.334 e. The molecule has 20 heavy (non-hydrogen) atoms. The maximum absolute atomic E-state index is 12.0. The third-order valence-corrected chi connectivity index (χ3v) is 5.46. The van der Waals surface area contributed by atoms with E-state index in [1.165, 1.54) is 37.1 Å². The Morgan fingerprint density at radius 1 is 1.35 bits per heavy atom. The fraction of sp³-hybridized carbons (Fsp3) is 0.643. The molecule has 6 heteroatoms. The second-order valence-corrected chi connectivity index (χ2v) is 7.33. The Labute approximate surface area is 128 Å². The SMILES string of the molecule is O=C(NCc1ccc(Cl)s1)N[C@H]1CCN2CCCC[C@H]12. The Balaban J connectivity index is 1.46. The number of hydrogen-bond donors (Lipinski definition) is 2. The Kier molecular flexibility index (Phi) is 4.48. The van der Waals surface area contributed by atoms with E-state index in [-0.39, 0.29) is 6.03 Å². The summed E-state index contributed by atoms with van der Waals surface area (Å²) in [5, 5.41) is 6.05. The average molecular weight is 314 g/mol. The lowest BCUT2D eigenvalue weighted by atomic mass is 9.99. The smallest absolute Gasteiger partial charge is 0.315 e. The molecule has 0 bridgehead atoms. The zero-order chi connectivity index (χ0) is 13.9. The van der Waals surface area contributed by atoms with Crippen molar-refractivity contribution in [2.24, 2.45) is 0 Å². The number of fused-ring (bicyclic) bond motifs is 1. The lowest BCUT2D eigenvalue weighted by molar-refractivity contribution is 0.179. The van der Waals surface area contributed by atoms with Crippen molar-refractivity contribution in [2.75, 3.05) is 13.1 Å². The third-order valence-electron chi connectivity index (χ3n) is 4.22. The van der Waals surface area contributed by atoms with Crippen LogP contribution in [0.2, 0.25) is 4.34 Å². The van der Waals surface area contributed by atoms with Crippen molar-refractivity contribution in [1.82, 2.24) is 15.5 Å². The highest BCUT2D eigenvalue weighted by molar-refractivity contribution is 7.16. The van der Waals surface area contributed by atoms with Gasteiger partial charge < -0.3 is 10.6 Å². The number of rotatable bonds is 3. The van der Waals surface area contributed by atoms with E-state index >= 15 is 0 Å². The van der Waals surface area contributed by atoms with E-state index in [4.69, 9.17) is 11.6 Å². The maximum atomic E-state index is 12.0. The van der Waals surface area contributed by atoms with Crippen molar-refractivity contribution in [2.45, 2.75) is 44.3 Å². The molecule has 3 heterocycles. The highest BCUT2D eigenvalue weighted by atomic mass is 35.5. The van der Waals surface area contributed by atoms with Gasteiger partial charge in [0.25, 0.3) is 0 Å². The average Bonchev–Trinajstić information content (AvgIpc) is 3.04. The van der Waals surface area contributed by atoms with Gasteiger partial charge >= 0.3 is 6.03 Å². The van der Waals surface area contributed by atoms with E-state index in [9.17, 15) is 4.79 Å². The van der Waals surface area contributed by atoms with Crippen LogP contribution in [0.3, 0.4) is 0 Å². The molecule has 0 aliphatic carbocycles. The molecule has 3 rings (SSSR count). The van der Waals surface area contributed by atoms with Gasteiger partial charge in [0.05, 0.1) is 10.9 Å². The lowest BCUT2D eigenvalue weighted by Gasteiger charge is -2.32. The van der Waals surface area contributed by atoms with Gasteiger partial charge in [0.1, 0.15) is 0 Å². The van der Waals surface area contributed by atoms with E-state index in [0.717, 1.165) is 22.2 Å². The van der Waals surface area contributed by atoms with E-state index in [1.807, 2.05) is 12.1 Å². The molecule has 2 atom stereocenters. The summed E-state index contributed by atoms with van der Waals surface area (Å²) in [5.74, 6) is 0. The van der Waals surface area contributed by atoms with Crippen molar-refractivity contribution < 1.29 is 4.79 Å². The summed E-state index contributed by atoms with van der Waals surface area (Å²) < 4.78 is 0.760. The fourth-order valence-electron chi connectivity index (χ4n) is 3.25. The lowest BCUT2D eigenvalue weighted by Crippen LogP contribution is -2.49. The molecule has 2 aliphatic heterocycles. The van der Waals surface area contributed by atoms with Crippen LogP contribution in [0.4, 0.5) is 4.79 Å². The summed E-state index contributed by atoms with van der Waals surface area (Å²) in [6.45, 7) is 2.86. The minimum atomic E-state index is -0.0630. The summed E-state index contributed by atoms with van der Waals surface area (Å²) in [7, 11) is 0. The number of amides is 2. The first-order valence-electron chi connectivity index (χ1n) is 7.25. The summed E-state index contributed by atoms with van der Waals surface area (Å²) in [6, 6.07) is 4.60. The second kappa shape index (κ2) is 6.33. The molecule has 1 aromatic rings. The van der Waals surface area contributed by atoms with Crippen LogP contribution in [0.5, 0.6) is 0 Å². The molecule has 0 spiro atoms. The number of nitrogens with zero attached hydrogens (tertiary/aromatic N) is 1. The first-order valence-corrected chi connectivity index (χ1v) is 8.44. The van der Waals surface area contributed by atoms with E-state index in [2.05, 4.69) is 15.5 Å². The predicted molar refractivity (Wildman–Crippen MR) is 82.3 cm³/mol. The molecule has 2 N–H and O–H groups in total. The monoisotopic (exact) mass is 313 g/mol. The molecule has 110 valence electrons. The number of hydrogen-bond acceptors (Lipinski definition) is 3. The molecule has 1 aromatic heterocycles. The highest BCUT2D eigenvalue weighted by Gasteiger charge is 2.36. The molecule has 2 fully saturated rings.